The Morgan fingerprint density at radius 2 is 1.61 bits per heavy atom. The van der Waals surface area contributed by atoms with Crippen LogP contribution in [0.15, 0.2) is 60.7 Å². The third kappa shape index (κ3) is 2.15. The lowest BCUT2D eigenvalue weighted by Crippen LogP contribution is -2.33. The third-order valence-corrected chi connectivity index (χ3v) is 5.61. The zero-order valence-corrected chi connectivity index (χ0v) is 16.0. The second-order valence-corrected chi connectivity index (χ2v) is 7.49. The van der Waals surface area contributed by atoms with Gasteiger partial charge in [0.2, 0.25) is 0 Å². The van der Waals surface area contributed by atoms with Gasteiger partial charge in [-0.15, -0.1) is 0 Å². The van der Waals surface area contributed by atoms with Crippen LogP contribution in [0.25, 0.3) is 0 Å². The molecule has 3 aromatic carbocycles. The Kier molecular flexibility index (Phi) is 3.53. The first kappa shape index (κ1) is 16.9. The fourth-order valence-corrected chi connectivity index (χ4v) is 4.16. The fourth-order valence-electron chi connectivity index (χ4n) is 4.16. The number of carbonyl (C=O) groups is 1. The highest BCUT2D eigenvalue weighted by Gasteiger charge is 2.53. The highest BCUT2D eigenvalue weighted by molar-refractivity contribution is 5.97. The van der Waals surface area contributed by atoms with Gasteiger partial charge in [0, 0.05) is 22.8 Å². The van der Waals surface area contributed by atoms with E-state index in [0.717, 1.165) is 22.3 Å². The highest BCUT2D eigenvalue weighted by Crippen LogP contribution is 2.56. The zero-order valence-electron chi connectivity index (χ0n) is 16.0. The van der Waals surface area contributed by atoms with Crippen molar-refractivity contribution in [1.29, 1.82) is 0 Å². The molecular weight excluding hydrogens is 352 g/mol. The zero-order chi connectivity index (χ0) is 19.5. The summed E-state index contributed by atoms with van der Waals surface area (Å²) in [4.78, 5) is 12.8. The van der Waals surface area contributed by atoms with Gasteiger partial charge >= 0.3 is 5.97 Å². The first-order valence-electron chi connectivity index (χ1n) is 9.38. The number of fused-ring (bicyclic) bond motifs is 6. The van der Waals surface area contributed by atoms with Crippen LogP contribution >= 0.6 is 0 Å². The van der Waals surface area contributed by atoms with E-state index < -0.39 is 5.60 Å². The number of carbonyl (C=O) groups excluding carboxylic acids is 1. The van der Waals surface area contributed by atoms with Crippen LogP contribution in [0, 0.1) is 0 Å². The van der Waals surface area contributed by atoms with Gasteiger partial charge in [0.25, 0.3) is 0 Å². The third-order valence-electron chi connectivity index (χ3n) is 5.61. The second kappa shape index (κ2) is 5.86. The van der Waals surface area contributed by atoms with E-state index >= 15 is 0 Å². The molecule has 0 amide bonds. The molecule has 2 heterocycles. The summed E-state index contributed by atoms with van der Waals surface area (Å²) in [6.45, 7) is 4.28. The molecule has 5 rings (SSSR count). The van der Waals surface area contributed by atoms with E-state index in [1.165, 1.54) is 0 Å². The van der Waals surface area contributed by atoms with Gasteiger partial charge in [-0.05, 0) is 35.7 Å². The molecule has 4 heteroatoms. The lowest BCUT2D eigenvalue weighted by atomic mass is 9.77. The van der Waals surface area contributed by atoms with Crippen molar-refractivity contribution in [3.8, 4) is 17.2 Å². The van der Waals surface area contributed by atoms with Crippen molar-refractivity contribution >= 4 is 5.97 Å². The molecule has 2 aliphatic rings. The molecular formula is C24H20O4. The molecule has 0 aromatic heterocycles. The second-order valence-electron chi connectivity index (χ2n) is 7.49. The Labute approximate surface area is 163 Å². The molecule has 0 N–H and O–H groups in total. The van der Waals surface area contributed by atoms with Crippen molar-refractivity contribution in [3.63, 3.8) is 0 Å². The minimum Gasteiger partial charge on any atom is -0.497 e. The minimum absolute atomic E-state index is 0.321. The predicted octanol–water partition coefficient (Wildman–Crippen LogP) is 5.39. The van der Waals surface area contributed by atoms with Crippen LogP contribution in [0.4, 0.5) is 0 Å². The van der Waals surface area contributed by atoms with Crippen LogP contribution in [0.3, 0.4) is 0 Å². The van der Waals surface area contributed by atoms with Gasteiger partial charge in [-0.1, -0.05) is 44.2 Å². The quantitative estimate of drug-likeness (QED) is 0.566. The van der Waals surface area contributed by atoms with E-state index in [0.29, 0.717) is 28.7 Å². The van der Waals surface area contributed by atoms with Crippen molar-refractivity contribution in [2.24, 2.45) is 0 Å². The molecule has 0 fully saturated rings. The molecule has 0 bridgehead atoms. The van der Waals surface area contributed by atoms with Gasteiger partial charge in [0.1, 0.15) is 17.2 Å². The van der Waals surface area contributed by atoms with Gasteiger partial charge in [0.15, 0.2) is 5.60 Å². The standard InChI is InChI=1S/C24H20O4/c1-14(2)15-8-10-19-21(12-15)27-22-13-16(26-3)9-11-20(22)24(19)18-7-5-4-6-17(18)23(25)28-24/h4-14H,1-3H3. The number of benzene rings is 3. The van der Waals surface area contributed by atoms with Gasteiger partial charge in [-0.2, -0.15) is 0 Å². The monoisotopic (exact) mass is 372 g/mol. The number of ether oxygens (including phenoxy) is 3. The van der Waals surface area contributed by atoms with Gasteiger partial charge in [0.05, 0.1) is 12.7 Å². The number of esters is 1. The Balaban J connectivity index is 1.84. The van der Waals surface area contributed by atoms with Crippen molar-refractivity contribution in [2.75, 3.05) is 7.11 Å². The predicted molar refractivity (Wildman–Crippen MR) is 105 cm³/mol. The summed E-state index contributed by atoms with van der Waals surface area (Å²) in [5.74, 6) is 2.07. The minimum atomic E-state index is -1.02. The molecule has 2 aliphatic heterocycles. The average molecular weight is 372 g/mol. The Bertz CT molecular complexity index is 1120. The summed E-state index contributed by atoms with van der Waals surface area (Å²) in [6, 6.07) is 19.3. The van der Waals surface area contributed by atoms with Crippen LogP contribution in [-0.2, 0) is 10.3 Å². The van der Waals surface area contributed by atoms with Gasteiger partial charge in [-0.25, -0.2) is 4.79 Å². The fraction of sp³-hybridized carbons (Fsp3) is 0.208. The van der Waals surface area contributed by atoms with Crippen molar-refractivity contribution in [3.05, 3.63) is 88.5 Å². The topological polar surface area (TPSA) is 44.8 Å². The molecule has 4 nitrogen and oxygen atoms in total. The lowest BCUT2D eigenvalue weighted by Gasteiger charge is -2.37. The summed E-state index contributed by atoms with van der Waals surface area (Å²) < 4.78 is 17.8. The first-order valence-corrected chi connectivity index (χ1v) is 9.38. The van der Waals surface area contributed by atoms with E-state index in [-0.39, 0.29) is 5.97 Å². The maximum absolute atomic E-state index is 12.8. The van der Waals surface area contributed by atoms with E-state index in [9.17, 15) is 4.79 Å². The van der Waals surface area contributed by atoms with Crippen molar-refractivity contribution in [2.45, 2.75) is 25.4 Å². The molecule has 0 saturated carbocycles. The molecule has 0 radical (unpaired) electrons. The molecule has 28 heavy (non-hydrogen) atoms. The molecule has 140 valence electrons. The number of hydrogen-bond donors (Lipinski definition) is 0. The van der Waals surface area contributed by atoms with E-state index in [4.69, 9.17) is 14.2 Å². The van der Waals surface area contributed by atoms with Crippen molar-refractivity contribution in [1.82, 2.24) is 0 Å². The maximum atomic E-state index is 12.8. The summed E-state index contributed by atoms with van der Waals surface area (Å²) in [5, 5.41) is 0. The van der Waals surface area contributed by atoms with Gasteiger partial charge < -0.3 is 14.2 Å². The highest BCUT2D eigenvalue weighted by atomic mass is 16.6. The number of rotatable bonds is 2. The van der Waals surface area contributed by atoms with E-state index in [1.807, 2.05) is 54.6 Å². The SMILES string of the molecule is COc1ccc2c(c1)Oc1cc(C(C)C)ccc1C21OC(=O)c2ccccc21. The maximum Gasteiger partial charge on any atom is 0.340 e. The van der Waals surface area contributed by atoms with Crippen LogP contribution < -0.4 is 9.47 Å². The molecule has 0 aliphatic carbocycles. The summed E-state index contributed by atoms with van der Waals surface area (Å²) in [5.41, 5.74) is 3.22. The molecule has 1 unspecified atom stereocenters. The van der Waals surface area contributed by atoms with Crippen molar-refractivity contribution < 1.29 is 19.0 Å². The van der Waals surface area contributed by atoms with Crippen LogP contribution in [0.1, 0.15) is 52.4 Å². The number of methoxy groups -OCH3 is 1. The average Bonchev–Trinajstić information content (AvgIpc) is 3.01. The van der Waals surface area contributed by atoms with Crippen LogP contribution in [0.2, 0.25) is 0 Å². The first-order chi connectivity index (χ1) is 13.5. The Morgan fingerprint density at radius 1 is 0.893 bits per heavy atom. The Hall–Kier alpha value is -3.27. The summed E-state index contributed by atoms with van der Waals surface area (Å²) in [6.07, 6.45) is 0. The van der Waals surface area contributed by atoms with Crippen LogP contribution in [-0.4, -0.2) is 13.1 Å². The largest absolute Gasteiger partial charge is 0.497 e. The molecule has 1 atom stereocenters. The lowest BCUT2D eigenvalue weighted by molar-refractivity contribution is 0.0224. The molecule has 3 aromatic rings. The summed E-state index contributed by atoms with van der Waals surface area (Å²) >= 11 is 0. The van der Waals surface area contributed by atoms with E-state index in [1.54, 1.807) is 7.11 Å². The summed E-state index contributed by atoms with van der Waals surface area (Å²) in [7, 11) is 1.62. The number of hydrogen-bond acceptors (Lipinski definition) is 4. The molecule has 1 spiro atoms. The Morgan fingerprint density at radius 3 is 2.36 bits per heavy atom. The van der Waals surface area contributed by atoms with E-state index in [2.05, 4.69) is 19.9 Å². The molecule has 0 saturated heterocycles. The van der Waals surface area contributed by atoms with Crippen LogP contribution in [0.5, 0.6) is 17.2 Å². The smallest absolute Gasteiger partial charge is 0.340 e. The van der Waals surface area contributed by atoms with Gasteiger partial charge in [-0.3, -0.25) is 0 Å². The normalized spacial score (nSPS) is 18.9.